The summed E-state index contributed by atoms with van der Waals surface area (Å²) >= 11 is 1.26. The predicted molar refractivity (Wildman–Crippen MR) is 72.6 cm³/mol. The fourth-order valence-corrected chi connectivity index (χ4v) is 2.83. The van der Waals surface area contributed by atoms with Gasteiger partial charge in [-0.05, 0) is 0 Å². The van der Waals surface area contributed by atoms with Gasteiger partial charge in [-0.2, -0.15) is 0 Å². The average molecular weight is 309 g/mol. The van der Waals surface area contributed by atoms with Crippen molar-refractivity contribution in [3.63, 3.8) is 0 Å². The number of amides is 1. The Morgan fingerprint density at radius 3 is 3.00 bits per heavy atom. The van der Waals surface area contributed by atoms with E-state index in [0.29, 0.717) is 4.96 Å². The quantitative estimate of drug-likeness (QED) is 0.807. The van der Waals surface area contributed by atoms with Crippen molar-refractivity contribution in [2.45, 2.75) is 12.0 Å². The molecule has 1 saturated heterocycles. The lowest BCUT2D eigenvalue weighted by Crippen LogP contribution is -2.55. The maximum Gasteiger partial charge on any atom is 0.331 e. The van der Waals surface area contributed by atoms with E-state index in [1.54, 1.807) is 5.38 Å². The van der Waals surface area contributed by atoms with Crippen LogP contribution in [0.4, 0.5) is 0 Å². The number of carbonyl (C=O) groups excluding carboxylic acids is 1. The van der Waals surface area contributed by atoms with Gasteiger partial charge in [0.05, 0.1) is 6.61 Å². The van der Waals surface area contributed by atoms with Gasteiger partial charge in [0.25, 0.3) is 11.5 Å². The highest BCUT2D eigenvalue weighted by molar-refractivity contribution is 7.15. The minimum atomic E-state index is -1.49. The average Bonchev–Trinajstić information content (AvgIpc) is 3.08. The Kier molecular flexibility index (Phi) is 3.22. The second-order valence-electron chi connectivity index (χ2n) is 4.68. The molecule has 9 heteroatoms. The van der Waals surface area contributed by atoms with Crippen LogP contribution in [0.15, 0.2) is 22.6 Å². The van der Waals surface area contributed by atoms with Gasteiger partial charge in [-0.15, -0.1) is 11.3 Å². The second kappa shape index (κ2) is 4.93. The second-order valence-corrected chi connectivity index (χ2v) is 5.55. The van der Waals surface area contributed by atoms with Gasteiger partial charge in [0.1, 0.15) is 5.56 Å². The van der Waals surface area contributed by atoms with E-state index in [0.717, 1.165) is 6.20 Å². The molecule has 0 aromatic carbocycles. The first-order chi connectivity index (χ1) is 10.0. The molecule has 21 heavy (non-hydrogen) atoms. The summed E-state index contributed by atoms with van der Waals surface area (Å²) in [7, 11) is 0. The minimum Gasteiger partial charge on any atom is -0.479 e. The molecule has 0 radical (unpaired) electrons. The zero-order chi connectivity index (χ0) is 15.0. The van der Waals surface area contributed by atoms with Gasteiger partial charge >= 0.3 is 5.97 Å². The fourth-order valence-electron chi connectivity index (χ4n) is 2.15. The Bertz CT molecular complexity index is 775. The summed E-state index contributed by atoms with van der Waals surface area (Å²) in [6, 6.07) is 0. The van der Waals surface area contributed by atoms with Crippen LogP contribution in [-0.2, 0) is 9.53 Å². The van der Waals surface area contributed by atoms with Crippen LogP contribution in [0, 0.1) is 0 Å². The lowest BCUT2D eigenvalue weighted by molar-refractivity contribution is -0.144. The van der Waals surface area contributed by atoms with Crippen LogP contribution in [0.3, 0.4) is 0 Å². The highest BCUT2D eigenvalue weighted by Gasteiger charge is 2.44. The number of hydrogen-bond acceptors (Lipinski definition) is 6. The molecule has 1 aliphatic heterocycles. The number of fused-ring (bicyclic) bond motifs is 1. The van der Waals surface area contributed by atoms with Crippen LogP contribution in [-0.4, -0.2) is 45.1 Å². The number of carboxylic acid groups (broad SMARTS) is 1. The van der Waals surface area contributed by atoms with Crippen molar-refractivity contribution >= 4 is 28.2 Å². The normalized spacial score (nSPS) is 21.5. The largest absolute Gasteiger partial charge is 0.479 e. The van der Waals surface area contributed by atoms with Crippen LogP contribution in [0.5, 0.6) is 0 Å². The maximum absolute atomic E-state index is 12.2. The number of rotatable bonds is 3. The van der Waals surface area contributed by atoms with E-state index in [4.69, 9.17) is 4.74 Å². The van der Waals surface area contributed by atoms with E-state index in [9.17, 15) is 19.5 Å². The topological polar surface area (TPSA) is 110 Å². The number of carbonyl (C=O) groups is 2. The van der Waals surface area contributed by atoms with Gasteiger partial charge < -0.3 is 15.2 Å². The highest BCUT2D eigenvalue weighted by atomic mass is 32.1. The molecular weight excluding hydrogens is 298 g/mol. The number of aliphatic carboxylic acids is 1. The molecule has 1 atom stereocenters. The van der Waals surface area contributed by atoms with Crippen LogP contribution >= 0.6 is 11.3 Å². The Morgan fingerprint density at radius 2 is 2.33 bits per heavy atom. The lowest BCUT2D eigenvalue weighted by Gasteiger charge is -2.23. The van der Waals surface area contributed by atoms with Gasteiger partial charge in [-0.1, -0.05) is 0 Å². The Hall–Kier alpha value is -2.26. The van der Waals surface area contributed by atoms with E-state index in [1.165, 1.54) is 21.9 Å². The number of nitrogens with zero attached hydrogens (tertiary/aromatic N) is 2. The first-order valence-electron chi connectivity index (χ1n) is 6.12. The SMILES string of the molecule is O=C(NC1(C(=O)O)CCOC1)c1cnc2sccn2c1=O. The van der Waals surface area contributed by atoms with Gasteiger partial charge in [0, 0.05) is 30.8 Å². The summed E-state index contributed by atoms with van der Waals surface area (Å²) in [4.78, 5) is 40.2. The molecule has 1 fully saturated rings. The molecule has 3 rings (SSSR count). The molecule has 2 N–H and O–H groups in total. The lowest BCUT2D eigenvalue weighted by atomic mass is 9.98. The van der Waals surface area contributed by atoms with Crippen molar-refractivity contribution in [3.8, 4) is 0 Å². The predicted octanol–water partition coefficient (Wildman–Crippen LogP) is -0.271. The molecule has 1 unspecified atom stereocenters. The van der Waals surface area contributed by atoms with Crippen LogP contribution in [0.1, 0.15) is 16.8 Å². The number of thiazole rings is 1. The molecule has 0 spiro atoms. The molecule has 8 nitrogen and oxygen atoms in total. The third-order valence-electron chi connectivity index (χ3n) is 3.37. The van der Waals surface area contributed by atoms with Gasteiger partial charge in [0.2, 0.25) is 0 Å². The number of nitrogens with one attached hydrogen (secondary N) is 1. The van der Waals surface area contributed by atoms with Crippen LogP contribution in [0.25, 0.3) is 4.96 Å². The summed E-state index contributed by atoms with van der Waals surface area (Å²) in [6.45, 7) is 0.122. The van der Waals surface area contributed by atoms with E-state index in [2.05, 4.69) is 10.3 Å². The van der Waals surface area contributed by atoms with E-state index in [-0.39, 0.29) is 25.2 Å². The highest BCUT2D eigenvalue weighted by Crippen LogP contribution is 2.19. The maximum atomic E-state index is 12.2. The zero-order valence-electron chi connectivity index (χ0n) is 10.7. The van der Waals surface area contributed by atoms with Crippen molar-refractivity contribution in [1.29, 1.82) is 0 Å². The molecule has 0 aliphatic carbocycles. The van der Waals surface area contributed by atoms with Gasteiger partial charge in [-0.25, -0.2) is 9.78 Å². The van der Waals surface area contributed by atoms with Crippen molar-refractivity contribution in [3.05, 3.63) is 33.7 Å². The van der Waals surface area contributed by atoms with E-state index < -0.39 is 23.0 Å². The van der Waals surface area contributed by atoms with Crippen molar-refractivity contribution in [2.24, 2.45) is 0 Å². The van der Waals surface area contributed by atoms with Crippen molar-refractivity contribution in [1.82, 2.24) is 14.7 Å². The van der Waals surface area contributed by atoms with Crippen molar-refractivity contribution in [2.75, 3.05) is 13.2 Å². The molecule has 0 saturated carbocycles. The molecule has 110 valence electrons. The van der Waals surface area contributed by atoms with Gasteiger partial charge in [0.15, 0.2) is 10.5 Å². The molecule has 1 amide bonds. The Balaban J connectivity index is 1.95. The summed E-state index contributed by atoms with van der Waals surface area (Å²) in [6.07, 6.45) is 2.83. The third-order valence-corrected chi connectivity index (χ3v) is 4.14. The van der Waals surface area contributed by atoms with E-state index in [1.807, 2.05) is 0 Å². The molecule has 3 heterocycles. The fraction of sp³-hybridized carbons (Fsp3) is 0.333. The first-order valence-corrected chi connectivity index (χ1v) is 7.00. The summed E-state index contributed by atoms with van der Waals surface area (Å²) < 4.78 is 6.30. The Morgan fingerprint density at radius 1 is 1.52 bits per heavy atom. The number of hydrogen-bond donors (Lipinski definition) is 2. The number of carboxylic acids is 1. The van der Waals surface area contributed by atoms with Crippen LogP contribution in [0.2, 0.25) is 0 Å². The molecule has 1 aliphatic rings. The number of aromatic nitrogens is 2. The summed E-state index contributed by atoms with van der Waals surface area (Å²) in [5, 5.41) is 13.3. The molecule has 0 bridgehead atoms. The smallest absolute Gasteiger partial charge is 0.331 e. The van der Waals surface area contributed by atoms with Crippen LogP contribution < -0.4 is 10.9 Å². The molecule has 2 aromatic rings. The summed E-state index contributed by atoms with van der Waals surface area (Å²) in [5.41, 5.74) is -2.21. The van der Waals surface area contributed by atoms with Gasteiger partial charge in [-0.3, -0.25) is 14.0 Å². The van der Waals surface area contributed by atoms with Crippen molar-refractivity contribution < 1.29 is 19.4 Å². The Labute approximate surface area is 122 Å². The third kappa shape index (κ3) is 2.20. The summed E-state index contributed by atoms with van der Waals surface area (Å²) in [5.74, 6) is -1.95. The number of ether oxygens (including phenoxy) is 1. The zero-order valence-corrected chi connectivity index (χ0v) is 11.6. The minimum absolute atomic E-state index is 0.121. The molecular formula is C12H11N3O5S. The first kappa shape index (κ1) is 13.7. The monoisotopic (exact) mass is 309 g/mol. The standard InChI is InChI=1S/C12H11N3O5S/c16-8(14-12(10(18)19)1-3-20-6-12)7-5-13-11-15(9(7)17)2-4-21-11/h2,4-5H,1,3,6H2,(H,14,16)(H,18,19). The van der Waals surface area contributed by atoms with E-state index >= 15 is 0 Å². The molecule has 2 aromatic heterocycles.